The maximum Gasteiger partial charge on any atom is 0.138 e. The minimum atomic E-state index is 0.0559. The van der Waals surface area contributed by atoms with Gasteiger partial charge in [0.05, 0.1) is 24.8 Å². The molecule has 0 spiro atoms. The van der Waals surface area contributed by atoms with Crippen molar-refractivity contribution in [1.29, 1.82) is 0 Å². The van der Waals surface area contributed by atoms with Crippen molar-refractivity contribution in [1.82, 2.24) is 9.80 Å². The number of rotatable bonds is 7. The molecule has 124 valence electrons. The number of benzene rings is 1. The van der Waals surface area contributed by atoms with Crippen LogP contribution in [-0.4, -0.2) is 72.6 Å². The topological polar surface area (TPSA) is 56.2 Å². The highest BCUT2D eigenvalue weighted by atomic mass is 35.5. The lowest BCUT2D eigenvalue weighted by Crippen LogP contribution is -2.41. The smallest absolute Gasteiger partial charge is 0.138 e. The standard InChI is InChI=1S/C15H22Cl2N2O3/c16-13-9-12(15(21)14(17)10-13)11-19(3-6-20)2-1-18-4-7-22-8-5-18/h9-10,20-21H,1-8,11H2. The summed E-state index contributed by atoms with van der Waals surface area (Å²) in [6.45, 7) is 6.20. The molecule has 0 radical (unpaired) electrons. The van der Waals surface area contributed by atoms with E-state index in [4.69, 9.17) is 27.9 Å². The molecular formula is C15H22Cl2N2O3. The van der Waals surface area contributed by atoms with E-state index in [2.05, 4.69) is 9.80 Å². The van der Waals surface area contributed by atoms with Gasteiger partial charge in [-0.3, -0.25) is 9.80 Å². The Morgan fingerprint density at radius 2 is 1.91 bits per heavy atom. The van der Waals surface area contributed by atoms with Gasteiger partial charge < -0.3 is 14.9 Å². The Kier molecular flexibility index (Phi) is 7.21. The average Bonchev–Trinajstić information content (AvgIpc) is 2.51. The molecule has 7 heteroatoms. The summed E-state index contributed by atoms with van der Waals surface area (Å²) in [4.78, 5) is 4.41. The lowest BCUT2D eigenvalue weighted by molar-refractivity contribution is 0.0320. The zero-order valence-electron chi connectivity index (χ0n) is 12.5. The number of aromatic hydroxyl groups is 1. The van der Waals surface area contributed by atoms with Crippen LogP contribution in [0.1, 0.15) is 5.56 Å². The van der Waals surface area contributed by atoms with Crippen LogP contribution in [-0.2, 0) is 11.3 Å². The molecule has 1 saturated heterocycles. The van der Waals surface area contributed by atoms with E-state index < -0.39 is 0 Å². The summed E-state index contributed by atoms with van der Waals surface area (Å²) in [5.41, 5.74) is 0.674. The number of hydrogen-bond donors (Lipinski definition) is 2. The van der Waals surface area contributed by atoms with Crippen molar-refractivity contribution in [2.45, 2.75) is 6.54 Å². The number of phenols is 1. The second-order valence-electron chi connectivity index (χ2n) is 5.35. The Bertz CT molecular complexity index is 482. The Morgan fingerprint density at radius 3 is 2.59 bits per heavy atom. The van der Waals surface area contributed by atoms with Crippen molar-refractivity contribution in [3.8, 4) is 5.75 Å². The van der Waals surface area contributed by atoms with Gasteiger partial charge in [-0.25, -0.2) is 0 Å². The molecule has 1 aliphatic heterocycles. The molecule has 1 aromatic rings. The molecule has 0 atom stereocenters. The number of hydrogen-bond acceptors (Lipinski definition) is 5. The fourth-order valence-corrected chi connectivity index (χ4v) is 3.04. The molecule has 2 N–H and O–H groups in total. The first-order valence-corrected chi connectivity index (χ1v) is 8.16. The third kappa shape index (κ3) is 5.26. The third-order valence-electron chi connectivity index (χ3n) is 3.75. The largest absolute Gasteiger partial charge is 0.506 e. The summed E-state index contributed by atoms with van der Waals surface area (Å²) in [6.07, 6.45) is 0. The number of halogens is 2. The van der Waals surface area contributed by atoms with E-state index in [1.54, 1.807) is 6.07 Å². The molecule has 1 aromatic carbocycles. The van der Waals surface area contributed by atoms with Crippen molar-refractivity contribution in [2.24, 2.45) is 0 Å². The molecule has 5 nitrogen and oxygen atoms in total. The van der Waals surface area contributed by atoms with Gasteiger partial charge in [0.25, 0.3) is 0 Å². The van der Waals surface area contributed by atoms with Gasteiger partial charge in [-0.15, -0.1) is 0 Å². The van der Waals surface area contributed by atoms with Crippen molar-refractivity contribution >= 4 is 23.2 Å². The number of aliphatic hydroxyl groups is 1. The van der Waals surface area contributed by atoms with E-state index in [0.717, 1.165) is 39.4 Å². The summed E-state index contributed by atoms with van der Waals surface area (Å²) in [6, 6.07) is 3.23. The minimum Gasteiger partial charge on any atom is -0.506 e. The fraction of sp³-hybridized carbons (Fsp3) is 0.600. The van der Waals surface area contributed by atoms with Gasteiger partial charge in [0.1, 0.15) is 5.75 Å². The van der Waals surface area contributed by atoms with Crippen LogP contribution in [0, 0.1) is 0 Å². The first-order valence-electron chi connectivity index (χ1n) is 7.40. The van der Waals surface area contributed by atoms with Crippen LogP contribution in [0.25, 0.3) is 0 Å². The van der Waals surface area contributed by atoms with E-state index >= 15 is 0 Å². The molecule has 0 aromatic heterocycles. The lowest BCUT2D eigenvalue weighted by Gasteiger charge is -2.30. The van der Waals surface area contributed by atoms with Crippen LogP contribution in [0.5, 0.6) is 5.75 Å². The van der Waals surface area contributed by atoms with E-state index in [-0.39, 0.29) is 17.4 Å². The number of morpholine rings is 1. The van der Waals surface area contributed by atoms with E-state index in [0.29, 0.717) is 23.7 Å². The maximum atomic E-state index is 10.0. The van der Waals surface area contributed by atoms with Crippen molar-refractivity contribution in [3.05, 3.63) is 27.7 Å². The van der Waals surface area contributed by atoms with Gasteiger partial charge in [0, 0.05) is 49.9 Å². The zero-order chi connectivity index (χ0) is 15.9. The highest BCUT2D eigenvalue weighted by Gasteiger charge is 2.15. The van der Waals surface area contributed by atoms with Crippen LogP contribution in [0.4, 0.5) is 0 Å². The van der Waals surface area contributed by atoms with Crippen LogP contribution in [0.3, 0.4) is 0 Å². The van der Waals surface area contributed by atoms with Crippen molar-refractivity contribution in [2.75, 3.05) is 52.5 Å². The van der Waals surface area contributed by atoms with E-state index in [1.807, 2.05) is 0 Å². The first kappa shape index (κ1) is 17.8. The maximum absolute atomic E-state index is 10.0. The number of ether oxygens (including phenoxy) is 1. The van der Waals surface area contributed by atoms with Gasteiger partial charge in [0.2, 0.25) is 0 Å². The lowest BCUT2D eigenvalue weighted by atomic mass is 10.2. The molecule has 2 rings (SSSR count). The first-order chi connectivity index (χ1) is 10.6. The van der Waals surface area contributed by atoms with Gasteiger partial charge in [0.15, 0.2) is 0 Å². The summed E-state index contributed by atoms with van der Waals surface area (Å²) >= 11 is 11.9. The number of nitrogens with zero attached hydrogens (tertiary/aromatic N) is 2. The Morgan fingerprint density at radius 1 is 1.18 bits per heavy atom. The average molecular weight is 349 g/mol. The SMILES string of the molecule is OCCN(CCN1CCOCC1)Cc1cc(Cl)cc(Cl)c1O. The highest BCUT2D eigenvalue weighted by molar-refractivity contribution is 6.35. The molecule has 0 aliphatic carbocycles. The molecular weight excluding hydrogens is 327 g/mol. The summed E-state index contributed by atoms with van der Waals surface area (Å²) in [5, 5.41) is 20.0. The quantitative estimate of drug-likeness (QED) is 0.787. The number of aliphatic hydroxyl groups excluding tert-OH is 1. The van der Waals surface area contributed by atoms with Crippen molar-refractivity contribution in [3.63, 3.8) is 0 Å². The molecule has 0 amide bonds. The zero-order valence-corrected chi connectivity index (χ0v) is 14.0. The Balaban J connectivity index is 1.95. The van der Waals surface area contributed by atoms with E-state index in [9.17, 15) is 10.2 Å². The van der Waals surface area contributed by atoms with Gasteiger partial charge >= 0.3 is 0 Å². The summed E-state index contributed by atoms with van der Waals surface area (Å²) < 4.78 is 5.33. The molecule has 0 unspecified atom stereocenters. The Labute approximate surface area is 141 Å². The van der Waals surface area contributed by atoms with Gasteiger partial charge in [-0.2, -0.15) is 0 Å². The molecule has 0 bridgehead atoms. The second kappa shape index (κ2) is 8.91. The second-order valence-corrected chi connectivity index (χ2v) is 6.19. The van der Waals surface area contributed by atoms with Crippen LogP contribution < -0.4 is 0 Å². The van der Waals surface area contributed by atoms with Crippen LogP contribution in [0.15, 0.2) is 12.1 Å². The predicted octanol–water partition coefficient (Wildman–Crippen LogP) is 1.83. The molecule has 0 saturated carbocycles. The molecule has 22 heavy (non-hydrogen) atoms. The molecule has 1 aliphatic rings. The monoisotopic (exact) mass is 348 g/mol. The fourth-order valence-electron chi connectivity index (χ4n) is 2.50. The van der Waals surface area contributed by atoms with E-state index in [1.165, 1.54) is 6.07 Å². The summed E-state index contributed by atoms with van der Waals surface area (Å²) in [5.74, 6) is 0.0559. The van der Waals surface area contributed by atoms with Crippen LogP contribution in [0.2, 0.25) is 10.0 Å². The van der Waals surface area contributed by atoms with Gasteiger partial charge in [-0.05, 0) is 12.1 Å². The minimum absolute atomic E-state index is 0.0559. The highest BCUT2D eigenvalue weighted by Crippen LogP contribution is 2.31. The molecule has 1 heterocycles. The predicted molar refractivity (Wildman–Crippen MR) is 87.7 cm³/mol. The van der Waals surface area contributed by atoms with Crippen LogP contribution >= 0.6 is 23.2 Å². The Hall–Kier alpha value is -0.560. The third-order valence-corrected chi connectivity index (χ3v) is 4.26. The molecule has 1 fully saturated rings. The summed E-state index contributed by atoms with van der Waals surface area (Å²) in [7, 11) is 0. The van der Waals surface area contributed by atoms with Crippen molar-refractivity contribution < 1.29 is 14.9 Å². The normalized spacial score (nSPS) is 16.4. The number of phenolic OH excluding ortho intramolecular Hbond substituents is 1. The van der Waals surface area contributed by atoms with Gasteiger partial charge in [-0.1, -0.05) is 23.2 Å².